The first-order chi connectivity index (χ1) is 6.84. The van der Waals surface area contributed by atoms with E-state index in [1.165, 1.54) is 25.1 Å². The first-order valence-electron chi connectivity index (χ1n) is 5.51. The summed E-state index contributed by atoms with van der Waals surface area (Å²) in [5.41, 5.74) is 0. The summed E-state index contributed by atoms with van der Waals surface area (Å²) in [5, 5.41) is 3.33. The van der Waals surface area contributed by atoms with Crippen LogP contribution in [0.2, 0.25) is 0 Å². The molecule has 0 aliphatic carbocycles. The van der Waals surface area contributed by atoms with Crippen molar-refractivity contribution < 1.29 is 0 Å². The number of hydrogen-bond donors (Lipinski definition) is 1. The molecule has 0 saturated carbocycles. The van der Waals surface area contributed by atoms with Gasteiger partial charge < -0.3 is 9.88 Å². The number of imidazole rings is 1. The number of nitrogens with one attached hydrogen (secondary N) is 1. The van der Waals surface area contributed by atoms with E-state index in [4.69, 9.17) is 0 Å². The molecule has 0 spiro atoms. The highest BCUT2D eigenvalue weighted by Crippen LogP contribution is 2.03. The van der Waals surface area contributed by atoms with Gasteiger partial charge in [-0.1, -0.05) is 13.3 Å². The Labute approximate surface area is 86.5 Å². The van der Waals surface area contributed by atoms with Gasteiger partial charge >= 0.3 is 0 Å². The highest BCUT2D eigenvalue weighted by Gasteiger charge is 1.97. The Morgan fingerprint density at radius 3 is 2.86 bits per heavy atom. The maximum Gasteiger partial charge on any atom is 0.108 e. The molecule has 80 valence electrons. The number of aryl methyl sites for hydroxylation is 2. The average Bonchev–Trinajstić information content (AvgIpc) is 2.58. The van der Waals surface area contributed by atoms with Gasteiger partial charge in [-0.15, -0.1) is 0 Å². The van der Waals surface area contributed by atoms with Gasteiger partial charge in [-0.25, -0.2) is 4.98 Å². The van der Waals surface area contributed by atoms with Crippen molar-refractivity contribution in [3.63, 3.8) is 0 Å². The Balaban J connectivity index is 2.02. The molecule has 0 aromatic carbocycles. The first kappa shape index (κ1) is 11.2. The Bertz CT molecular complexity index is 242. The van der Waals surface area contributed by atoms with Crippen molar-refractivity contribution in [3.8, 4) is 0 Å². The Hall–Kier alpha value is -0.830. The van der Waals surface area contributed by atoms with E-state index in [1.807, 2.05) is 12.4 Å². The van der Waals surface area contributed by atoms with Gasteiger partial charge in [0.1, 0.15) is 5.82 Å². The molecule has 0 bridgehead atoms. The second-order valence-electron chi connectivity index (χ2n) is 3.62. The van der Waals surface area contributed by atoms with E-state index >= 15 is 0 Å². The van der Waals surface area contributed by atoms with Crippen molar-refractivity contribution in [2.75, 3.05) is 13.1 Å². The highest BCUT2D eigenvalue weighted by atomic mass is 15.0. The second kappa shape index (κ2) is 6.60. The van der Waals surface area contributed by atoms with Gasteiger partial charge in [0.2, 0.25) is 0 Å². The van der Waals surface area contributed by atoms with Gasteiger partial charge in [-0.3, -0.25) is 0 Å². The Morgan fingerprint density at radius 2 is 2.21 bits per heavy atom. The van der Waals surface area contributed by atoms with Crippen LogP contribution in [0.5, 0.6) is 0 Å². The topological polar surface area (TPSA) is 29.9 Å². The van der Waals surface area contributed by atoms with Crippen LogP contribution in [0, 0.1) is 0 Å². The number of hydrogen-bond acceptors (Lipinski definition) is 2. The molecule has 1 N–H and O–H groups in total. The predicted octanol–water partition coefficient (Wildman–Crippen LogP) is 1.74. The fraction of sp³-hybridized carbons (Fsp3) is 0.727. The summed E-state index contributed by atoms with van der Waals surface area (Å²) in [6, 6.07) is 0. The van der Waals surface area contributed by atoms with Gasteiger partial charge in [0.25, 0.3) is 0 Å². The van der Waals surface area contributed by atoms with Crippen LogP contribution < -0.4 is 5.32 Å². The van der Waals surface area contributed by atoms with Gasteiger partial charge in [-0.2, -0.15) is 0 Å². The first-order valence-corrected chi connectivity index (χ1v) is 5.51. The third kappa shape index (κ3) is 3.92. The van der Waals surface area contributed by atoms with Gasteiger partial charge in [0.05, 0.1) is 0 Å². The Kier molecular flexibility index (Phi) is 5.30. The standard InChI is InChI=1S/C11H21N3/c1-3-12-8-6-4-5-7-11-13-9-10-14(11)2/h9-10,12H,3-8H2,1-2H3. The molecule has 1 rings (SSSR count). The molecule has 0 atom stereocenters. The average molecular weight is 195 g/mol. The molecule has 1 aromatic rings. The second-order valence-corrected chi connectivity index (χ2v) is 3.62. The van der Waals surface area contributed by atoms with Gasteiger partial charge in [-0.05, 0) is 25.9 Å². The molecule has 0 unspecified atom stereocenters. The predicted molar refractivity (Wildman–Crippen MR) is 59.3 cm³/mol. The van der Waals surface area contributed by atoms with Crippen LogP contribution in [-0.2, 0) is 13.5 Å². The van der Waals surface area contributed by atoms with E-state index in [1.54, 1.807) is 0 Å². The van der Waals surface area contributed by atoms with Crippen LogP contribution in [0.4, 0.5) is 0 Å². The van der Waals surface area contributed by atoms with E-state index in [0.29, 0.717) is 0 Å². The zero-order valence-electron chi connectivity index (χ0n) is 9.29. The number of nitrogens with zero attached hydrogens (tertiary/aromatic N) is 2. The van der Waals surface area contributed by atoms with E-state index in [2.05, 4.69) is 28.8 Å². The largest absolute Gasteiger partial charge is 0.338 e. The molecule has 14 heavy (non-hydrogen) atoms. The molecular formula is C11H21N3. The SMILES string of the molecule is CCNCCCCCc1nccn1C. The summed E-state index contributed by atoms with van der Waals surface area (Å²) >= 11 is 0. The van der Waals surface area contributed by atoms with E-state index < -0.39 is 0 Å². The van der Waals surface area contributed by atoms with Crippen molar-refractivity contribution >= 4 is 0 Å². The molecule has 1 heterocycles. The van der Waals surface area contributed by atoms with Crippen LogP contribution in [0.25, 0.3) is 0 Å². The lowest BCUT2D eigenvalue weighted by molar-refractivity contribution is 0.603. The van der Waals surface area contributed by atoms with Crippen molar-refractivity contribution in [1.82, 2.24) is 14.9 Å². The third-order valence-electron chi connectivity index (χ3n) is 2.42. The highest BCUT2D eigenvalue weighted by molar-refractivity contribution is 4.90. The van der Waals surface area contributed by atoms with Crippen LogP contribution in [0.15, 0.2) is 12.4 Å². The number of aromatic nitrogens is 2. The molecule has 3 nitrogen and oxygen atoms in total. The summed E-state index contributed by atoms with van der Waals surface area (Å²) in [5.74, 6) is 1.20. The van der Waals surface area contributed by atoms with Gasteiger partial charge in [0.15, 0.2) is 0 Å². The maximum atomic E-state index is 4.30. The number of unbranched alkanes of at least 4 members (excludes halogenated alkanes) is 2. The molecule has 0 fully saturated rings. The maximum absolute atomic E-state index is 4.30. The van der Waals surface area contributed by atoms with Crippen molar-refractivity contribution in [3.05, 3.63) is 18.2 Å². The number of rotatable bonds is 7. The van der Waals surface area contributed by atoms with E-state index in [-0.39, 0.29) is 0 Å². The fourth-order valence-corrected chi connectivity index (χ4v) is 1.52. The monoisotopic (exact) mass is 195 g/mol. The summed E-state index contributed by atoms with van der Waals surface area (Å²) in [6.07, 6.45) is 8.80. The molecule has 0 aliphatic rings. The lowest BCUT2D eigenvalue weighted by Gasteiger charge is -2.02. The fourth-order valence-electron chi connectivity index (χ4n) is 1.52. The zero-order chi connectivity index (χ0) is 10.2. The minimum Gasteiger partial charge on any atom is -0.338 e. The summed E-state index contributed by atoms with van der Waals surface area (Å²) in [4.78, 5) is 4.30. The molecular weight excluding hydrogens is 174 g/mol. The van der Waals surface area contributed by atoms with E-state index in [9.17, 15) is 0 Å². The van der Waals surface area contributed by atoms with E-state index in [0.717, 1.165) is 19.5 Å². The lowest BCUT2D eigenvalue weighted by Crippen LogP contribution is -2.13. The van der Waals surface area contributed by atoms with Crippen LogP contribution >= 0.6 is 0 Å². The molecule has 0 radical (unpaired) electrons. The zero-order valence-corrected chi connectivity index (χ0v) is 9.29. The molecule has 0 saturated heterocycles. The molecule has 0 aliphatic heterocycles. The third-order valence-corrected chi connectivity index (χ3v) is 2.42. The quantitative estimate of drug-likeness (QED) is 0.672. The minimum absolute atomic E-state index is 1.08. The summed E-state index contributed by atoms with van der Waals surface area (Å²) in [6.45, 7) is 4.38. The van der Waals surface area contributed by atoms with Crippen LogP contribution in [-0.4, -0.2) is 22.6 Å². The normalized spacial score (nSPS) is 10.7. The van der Waals surface area contributed by atoms with Crippen LogP contribution in [0.1, 0.15) is 32.0 Å². The van der Waals surface area contributed by atoms with Crippen molar-refractivity contribution in [1.29, 1.82) is 0 Å². The summed E-state index contributed by atoms with van der Waals surface area (Å²) in [7, 11) is 2.06. The summed E-state index contributed by atoms with van der Waals surface area (Å²) < 4.78 is 2.10. The Morgan fingerprint density at radius 1 is 1.36 bits per heavy atom. The van der Waals surface area contributed by atoms with Crippen molar-refractivity contribution in [2.24, 2.45) is 7.05 Å². The van der Waals surface area contributed by atoms with Crippen LogP contribution in [0.3, 0.4) is 0 Å². The smallest absolute Gasteiger partial charge is 0.108 e. The minimum atomic E-state index is 1.08. The lowest BCUT2D eigenvalue weighted by atomic mass is 10.2. The molecule has 1 aromatic heterocycles. The molecule has 0 amide bonds. The van der Waals surface area contributed by atoms with Gasteiger partial charge in [0, 0.05) is 25.9 Å². The van der Waals surface area contributed by atoms with Crippen molar-refractivity contribution in [2.45, 2.75) is 32.6 Å². The molecule has 3 heteroatoms.